The van der Waals surface area contributed by atoms with Crippen molar-refractivity contribution in [3.05, 3.63) is 58.1 Å². The molecule has 286 valence electrons. The van der Waals surface area contributed by atoms with E-state index in [9.17, 15) is 13.2 Å². The van der Waals surface area contributed by atoms with Gasteiger partial charge < -0.3 is 28.7 Å². The minimum Gasteiger partial charge on any atom is -0.490 e. The quantitative estimate of drug-likeness (QED) is 0.391. The molecule has 2 aliphatic carbocycles. The summed E-state index contributed by atoms with van der Waals surface area (Å²) >= 11 is 6.49. The van der Waals surface area contributed by atoms with Crippen LogP contribution in [-0.4, -0.2) is 97.5 Å². The molecular formula is C40H56ClN3O7S. The molecule has 10 nitrogen and oxygen atoms in total. The lowest BCUT2D eigenvalue weighted by Gasteiger charge is -2.49. The fourth-order valence-corrected chi connectivity index (χ4v) is 11.5. The summed E-state index contributed by atoms with van der Waals surface area (Å²) in [6.45, 7) is 5.56. The normalized spacial score (nSPS) is 33.6. The number of benzene rings is 2. The number of ether oxygens (including phenoxy) is 4. The maximum atomic E-state index is 13.9. The van der Waals surface area contributed by atoms with Crippen molar-refractivity contribution in [3.63, 3.8) is 0 Å². The first kappa shape index (κ1) is 37.9. The van der Waals surface area contributed by atoms with Gasteiger partial charge in [-0.15, -0.1) is 0 Å². The van der Waals surface area contributed by atoms with Crippen LogP contribution in [0.15, 0.2) is 36.4 Å². The molecule has 0 unspecified atom stereocenters. The lowest BCUT2D eigenvalue weighted by atomic mass is 9.64. The second-order valence-corrected chi connectivity index (χ2v) is 18.6. The number of methoxy groups -OCH3 is 1. The number of aryl methyl sites for hydroxylation is 1. The van der Waals surface area contributed by atoms with E-state index in [-0.39, 0.29) is 36.2 Å². The molecule has 12 heteroatoms. The summed E-state index contributed by atoms with van der Waals surface area (Å²) < 4.78 is 55.4. The Bertz CT molecular complexity index is 1700. The van der Waals surface area contributed by atoms with Crippen molar-refractivity contribution < 1.29 is 32.2 Å². The number of carbonyl (C=O) groups excluding carboxylic acids is 1. The molecule has 2 bridgehead atoms. The van der Waals surface area contributed by atoms with Crippen molar-refractivity contribution >= 4 is 33.2 Å². The molecular weight excluding hydrogens is 702 g/mol. The van der Waals surface area contributed by atoms with Crippen molar-refractivity contribution in [1.82, 2.24) is 9.62 Å². The van der Waals surface area contributed by atoms with Crippen LogP contribution in [0.5, 0.6) is 5.75 Å². The Kier molecular flexibility index (Phi) is 11.5. The molecule has 2 fully saturated rings. The third kappa shape index (κ3) is 7.73. The van der Waals surface area contributed by atoms with Gasteiger partial charge in [0.2, 0.25) is 10.0 Å². The number of likely N-dealkylation sites (N-methyl/N-ethyl adjacent to an activating group) is 1. The number of hydrogen-bond donors (Lipinski definition) is 1. The molecule has 52 heavy (non-hydrogen) atoms. The third-order valence-corrected chi connectivity index (χ3v) is 15.0. The van der Waals surface area contributed by atoms with Gasteiger partial charge in [0.25, 0.3) is 5.91 Å². The van der Waals surface area contributed by atoms with Gasteiger partial charge in [-0.05, 0) is 125 Å². The predicted molar refractivity (Wildman–Crippen MR) is 203 cm³/mol. The van der Waals surface area contributed by atoms with Gasteiger partial charge in [-0.25, -0.2) is 13.1 Å². The van der Waals surface area contributed by atoms with Crippen molar-refractivity contribution in [2.45, 2.75) is 87.7 Å². The predicted octanol–water partition coefficient (Wildman–Crippen LogP) is 6.04. The minimum atomic E-state index is -4.02. The second kappa shape index (κ2) is 15.7. The second-order valence-electron chi connectivity index (χ2n) is 16.3. The van der Waals surface area contributed by atoms with Crippen LogP contribution in [0.1, 0.15) is 79.8 Å². The van der Waals surface area contributed by atoms with E-state index >= 15 is 0 Å². The van der Waals surface area contributed by atoms with Gasteiger partial charge in [-0.1, -0.05) is 31.0 Å². The molecule has 2 aromatic carbocycles. The van der Waals surface area contributed by atoms with Gasteiger partial charge in [0.05, 0.1) is 36.8 Å². The monoisotopic (exact) mass is 757 g/mol. The molecule has 5 aliphatic rings. The van der Waals surface area contributed by atoms with Crippen LogP contribution in [0.4, 0.5) is 5.69 Å². The smallest absolute Gasteiger partial charge is 0.264 e. The topological polar surface area (TPSA) is 107 Å². The first-order valence-electron chi connectivity index (χ1n) is 19.2. The standard InChI is InChI=1S/C40H56ClN3O7S/c1-26-7-5-9-33(39-49-22-31(23-50-39)43(2)3)32-13-10-29(32)21-44-24-40(17-6-8-27-19-30(41)12-14-34(27)40)25-51-36-15-11-28(20-35(36)44)38(45)42-52(46,47)37(26)16-18-48-4/h11-12,14-15,19-20,26,29,31-33,37,39H,5-10,13,16-18,21-25H2,1-4H3,(H,42,45)/t26-,29-,31?,32+,33+,37+,39?,40-/m0/s1. The first-order chi connectivity index (χ1) is 25.0. The fourth-order valence-electron chi connectivity index (χ4n) is 9.63. The average Bonchev–Trinajstić information content (AvgIpc) is 3.25. The third-order valence-electron chi connectivity index (χ3n) is 12.8. The molecule has 0 aromatic heterocycles. The molecule has 1 saturated carbocycles. The number of nitrogens with one attached hydrogen (secondary N) is 1. The summed E-state index contributed by atoms with van der Waals surface area (Å²) in [5, 5.41) is -0.0295. The van der Waals surface area contributed by atoms with Crippen LogP contribution in [0, 0.1) is 23.7 Å². The highest BCUT2D eigenvalue weighted by molar-refractivity contribution is 7.90. The molecule has 3 heterocycles. The number of carbonyl (C=O) groups is 1. The van der Waals surface area contributed by atoms with Gasteiger partial charge >= 0.3 is 0 Å². The molecule has 1 amide bonds. The Balaban J connectivity index is 1.27. The highest BCUT2D eigenvalue weighted by Gasteiger charge is 2.47. The average molecular weight is 758 g/mol. The zero-order valence-electron chi connectivity index (χ0n) is 31.2. The summed E-state index contributed by atoms with van der Waals surface area (Å²) in [6, 6.07) is 11.9. The SMILES string of the molecule is COCC[C@@H]1[C@@H](C)CCC[C@@H](C2OCC(N(C)C)CO2)[C@@H]2CC[C@H]2CN2C[C@@]3(CCCc4cc(Cl)ccc43)COc3ccc(cc32)C(=O)NS1(=O)=O. The number of anilines is 1. The van der Waals surface area contributed by atoms with E-state index in [1.165, 1.54) is 11.1 Å². The van der Waals surface area contributed by atoms with Gasteiger partial charge in [0.1, 0.15) is 5.75 Å². The summed E-state index contributed by atoms with van der Waals surface area (Å²) in [4.78, 5) is 18.4. The number of amides is 1. The largest absolute Gasteiger partial charge is 0.490 e. The fraction of sp³-hybridized carbons (Fsp3) is 0.675. The molecule has 7 rings (SSSR count). The van der Waals surface area contributed by atoms with Crippen molar-refractivity contribution in [2.75, 3.05) is 65.6 Å². The zero-order valence-corrected chi connectivity index (χ0v) is 32.7. The Morgan fingerprint density at radius 1 is 1.04 bits per heavy atom. The summed E-state index contributed by atoms with van der Waals surface area (Å²) in [5.74, 6) is 0.896. The van der Waals surface area contributed by atoms with Crippen LogP contribution >= 0.6 is 11.6 Å². The van der Waals surface area contributed by atoms with Gasteiger partial charge in [0.15, 0.2) is 6.29 Å². The van der Waals surface area contributed by atoms with Crippen LogP contribution in [0.25, 0.3) is 0 Å². The number of halogens is 1. The number of nitrogens with zero attached hydrogens (tertiary/aromatic N) is 2. The van der Waals surface area contributed by atoms with E-state index in [4.69, 9.17) is 30.5 Å². The summed E-state index contributed by atoms with van der Waals surface area (Å²) in [7, 11) is 1.68. The van der Waals surface area contributed by atoms with Crippen LogP contribution in [-0.2, 0) is 36.1 Å². The van der Waals surface area contributed by atoms with Crippen LogP contribution in [0.2, 0.25) is 5.02 Å². The van der Waals surface area contributed by atoms with Crippen molar-refractivity contribution in [1.29, 1.82) is 0 Å². The highest BCUT2D eigenvalue weighted by atomic mass is 35.5. The van der Waals surface area contributed by atoms with E-state index in [0.717, 1.165) is 68.7 Å². The highest BCUT2D eigenvalue weighted by Crippen LogP contribution is 2.49. The molecule has 3 aliphatic heterocycles. The Hall–Kier alpha value is -2.41. The van der Waals surface area contributed by atoms with E-state index in [1.807, 2.05) is 25.1 Å². The van der Waals surface area contributed by atoms with Gasteiger partial charge in [-0.3, -0.25) is 4.79 Å². The Morgan fingerprint density at radius 3 is 2.58 bits per heavy atom. The first-order valence-corrected chi connectivity index (χ1v) is 21.2. The van der Waals surface area contributed by atoms with Crippen LogP contribution < -0.4 is 14.4 Å². The zero-order chi connectivity index (χ0) is 36.6. The van der Waals surface area contributed by atoms with Crippen molar-refractivity contribution in [3.8, 4) is 5.75 Å². The van der Waals surface area contributed by atoms with Gasteiger partial charge in [-0.2, -0.15) is 0 Å². The van der Waals surface area contributed by atoms with E-state index in [2.05, 4.69) is 40.7 Å². The van der Waals surface area contributed by atoms with Crippen LogP contribution in [0.3, 0.4) is 0 Å². The van der Waals surface area contributed by atoms with Crippen molar-refractivity contribution in [2.24, 2.45) is 23.7 Å². The van der Waals surface area contributed by atoms with E-state index < -0.39 is 21.2 Å². The van der Waals surface area contributed by atoms with E-state index in [0.29, 0.717) is 55.8 Å². The minimum absolute atomic E-state index is 0.183. The van der Waals surface area contributed by atoms with E-state index in [1.54, 1.807) is 13.2 Å². The Labute approximate surface area is 314 Å². The molecule has 1 saturated heterocycles. The maximum Gasteiger partial charge on any atom is 0.264 e. The molecule has 2 aromatic rings. The summed E-state index contributed by atoms with van der Waals surface area (Å²) in [5.41, 5.74) is 3.43. The maximum absolute atomic E-state index is 13.9. The summed E-state index contributed by atoms with van der Waals surface area (Å²) in [6.07, 6.45) is 7.64. The lowest BCUT2D eigenvalue weighted by molar-refractivity contribution is -0.240. The Morgan fingerprint density at radius 2 is 1.85 bits per heavy atom. The molecule has 0 radical (unpaired) electrons. The number of hydrogen-bond acceptors (Lipinski definition) is 9. The number of fused-ring (bicyclic) bond motifs is 4. The number of rotatable bonds is 5. The lowest BCUT2D eigenvalue weighted by Crippen LogP contribution is -2.52. The molecule has 1 spiro atoms. The number of sulfonamides is 1. The van der Waals surface area contributed by atoms with Gasteiger partial charge in [0, 0.05) is 48.7 Å². The molecule has 1 N–H and O–H groups in total. The molecule has 6 atom stereocenters.